The van der Waals surface area contributed by atoms with E-state index in [0.717, 1.165) is 11.0 Å². The number of carbonyl (C=O) groups excluding carboxylic acids is 1. The minimum absolute atomic E-state index is 0.0574. The first-order valence-electron chi connectivity index (χ1n) is 11.0. The fourth-order valence-electron chi connectivity index (χ4n) is 4.49. The predicted molar refractivity (Wildman–Crippen MR) is 128 cm³/mol. The van der Waals surface area contributed by atoms with Crippen molar-refractivity contribution in [1.82, 2.24) is 18.4 Å². The number of rotatable bonds is 4. The smallest absolute Gasteiger partial charge is 0.321 e. The maximum absolute atomic E-state index is 13.2. The second-order valence-corrected chi connectivity index (χ2v) is 11.0. The number of fused-ring (bicyclic) bond motifs is 1. The van der Waals surface area contributed by atoms with Gasteiger partial charge in [0.15, 0.2) is 0 Å². The molecule has 2 aromatic heterocycles. The zero-order valence-corrected chi connectivity index (χ0v) is 20.3. The summed E-state index contributed by atoms with van der Waals surface area (Å²) >= 11 is 0. The molecule has 0 radical (unpaired) electrons. The summed E-state index contributed by atoms with van der Waals surface area (Å²) in [4.78, 5) is 41.7. The molecule has 1 amide bonds. The number of sulfonamides is 1. The van der Waals surface area contributed by atoms with E-state index in [1.54, 1.807) is 0 Å². The average molecular weight is 486 g/mol. The second-order valence-electron chi connectivity index (χ2n) is 9.05. The number of pyridine rings is 1. The van der Waals surface area contributed by atoms with Crippen LogP contribution in [-0.2, 0) is 24.1 Å². The molecule has 1 saturated heterocycles. The molecule has 0 bridgehead atoms. The van der Waals surface area contributed by atoms with E-state index in [2.05, 4.69) is 10.3 Å². The van der Waals surface area contributed by atoms with Gasteiger partial charge in [-0.1, -0.05) is 19.9 Å². The minimum Gasteiger partial charge on any atom is -0.321 e. The summed E-state index contributed by atoms with van der Waals surface area (Å²) in [7, 11) is -0.869. The molecule has 0 saturated carbocycles. The summed E-state index contributed by atoms with van der Waals surface area (Å²) in [6.07, 6.45) is 2.32. The van der Waals surface area contributed by atoms with Gasteiger partial charge in [0.2, 0.25) is 10.0 Å². The highest BCUT2D eigenvalue weighted by Gasteiger charge is 2.32. The summed E-state index contributed by atoms with van der Waals surface area (Å²) in [5, 5.41) is 2.83. The van der Waals surface area contributed by atoms with Crippen LogP contribution in [0.4, 0.5) is 5.69 Å². The van der Waals surface area contributed by atoms with Gasteiger partial charge in [0, 0.05) is 32.7 Å². The maximum atomic E-state index is 13.2. The lowest BCUT2D eigenvalue weighted by molar-refractivity contribution is 0.102. The Morgan fingerprint density at radius 3 is 2.41 bits per heavy atom. The van der Waals surface area contributed by atoms with Crippen molar-refractivity contribution in [3.8, 4) is 0 Å². The van der Waals surface area contributed by atoms with Gasteiger partial charge < -0.3 is 5.32 Å². The first-order chi connectivity index (χ1) is 16.0. The number of piperidine rings is 1. The Bertz CT molecular complexity index is 1500. The Hall–Kier alpha value is -3.31. The monoisotopic (exact) mass is 485 g/mol. The highest BCUT2D eigenvalue weighted by Crippen LogP contribution is 2.27. The number of aromatic nitrogens is 3. The molecule has 1 aromatic carbocycles. The molecular formula is C23H27N5O5S. The van der Waals surface area contributed by atoms with Gasteiger partial charge in [-0.05, 0) is 42.5 Å². The van der Waals surface area contributed by atoms with Gasteiger partial charge >= 0.3 is 5.69 Å². The molecule has 10 nitrogen and oxygen atoms in total. The number of nitrogens with zero attached hydrogens (tertiary/aromatic N) is 4. The molecule has 4 rings (SSSR count). The van der Waals surface area contributed by atoms with E-state index in [-0.39, 0.29) is 39.0 Å². The van der Waals surface area contributed by atoms with E-state index in [4.69, 9.17) is 0 Å². The number of benzene rings is 1. The van der Waals surface area contributed by atoms with Crippen LogP contribution in [0.3, 0.4) is 0 Å². The van der Waals surface area contributed by atoms with E-state index in [0.29, 0.717) is 13.1 Å². The molecule has 3 heterocycles. The third-order valence-electron chi connectivity index (χ3n) is 6.12. The van der Waals surface area contributed by atoms with Crippen molar-refractivity contribution >= 4 is 32.7 Å². The molecule has 2 unspecified atom stereocenters. The van der Waals surface area contributed by atoms with Crippen LogP contribution in [0.2, 0.25) is 0 Å². The maximum Gasteiger partial charge on any atom is 0.332 e. The topological polar surface area (TPSA) is 123 Å². The van der Waals surface area contributed by atoms with Crippen molar-refractivity contribution in [2.75, 3.05) is 18.4 Å². The zero-order valence-electron chi connectivity index (χ0n) is 19.5. The van der Waals surface area contributed by atoms with Gasteiger partial charge in [0.1, 0.15) is 5.65 Å². The summed E-state index contributed by atoms with van der Waals surface area (Å²) < 4.78 is 30.1. The summed E-state index contributed by atoms with van der Waals surface area (Å²) in [6.45, 7) is 4.96. The van der Waals surface area contributed by atoms with E-state index < -0.39 is 27.2 Å². The highest BCUT2D eigenvalue weighted by molar-refractivity contribution is 7.89. The predicted octanol–water partition coefficient (Wildman–Crippen LogP) is 1.55. The Kier molecular flexibility index (Phi) is 6.17. The average Bonchev–Trinajstić information content (AvgIpc) is 2.80. The number of anilines is 1. The molecule has 1 fully saturated rings. The van der Waals surface area contributed by atoms with Crippen LogP contribution in [0, 0.1) is 11.8 Å². The Morgan fingerprint density at radius 1 is 1.06 bits per heavy atom. The van der Waals surface area contributed by atoms with Crippen LogP contribution in [0.1, 0.15) is 30.6 Å². The van der Waals surface area contributed by atoms with Crippen molar-refractivity contribution < 1.29 is 13.2 Å². The normalized spacial score (nSPS) is 19.3. The molecule has 0 spiro atoms. The Labute approximate surface area is 196 Å². The standard InChI is InChI=1S/C23H27N5O5S/c1-14-8-15(2)13-28(12-14)34(32,33)18-7-5-6-16(9-18)21(29)25-17-10-19-20(24-11-17)26(3)23(31)27(4)22(19)30/h5-7,9-11,14-15H,8,12-13H2,1-4H3,(H,25,29). The van der Waals surface area contributed by atoms with Crippen LogP contribution >= 0.6 is 0 Å². The Balaban J connectivity index is 1.63. The van der Waals surface area contributed by atoms with Gasteiger partial charge in [-0.2, -0.15) is 4.31 Å². The molecule has 11 heteroatoms. The summed E-state index contributed by atoms with van der Waals surface area (Å²) in [6, 6.07) is 7.33. The van der Waals surface area contributed by atoms with Crippen LogP contribution in [-0.4, -0.2) is 45.8 Å². The van der Waals surface area contributed by atoms with Gasteiger partial charge in [-0.15, -0.1) is 0 Å². The fourth-order valence-corrected chi connectivity index (χ4v) is 6.21. The number of hydrogen-bond donors (Lipinski definition) is 1. The molecule has 180 valence electrons. The zero-order chi connectivity index (χ0) is 24.8. The van der Waals surface area contributed by atoms with E-state index in [9.17, 15) is 22.8 Å². The van der Waals surface area contributed by atoms with Crippen molar-refractivity contribution in [1.29, 1.82) is 0 Å². The van der Waals surface area contributed by atoms with Crippen LogP contribution < -0.4 is 16.6 Å². The molecule has 2 atom stereocenters. The molecule has 1 aliphatic heterocycles. The van der Waals surface area contributed by atoms with Crippen molar-refractivity contribution in [3.05, 3.63) is 62.9 Å². The first-order valence-corrected chi connectivity index (χ1v) is 12.4. The van der Waals surface area contributed by atoms with Gasteiger partial charge in [-0.25, -0.2) is 18.2 Å². The highest BCUT2D eigenvalue weighted by atomic mass is 32.2. The van der Waals surface area contributed by atoms with Gasteiger partial charge in [0.25, 0.3) is 11.5 Å². The number of aryl methyl sites for hydroxylation is 1. The number of nitrogens with one attached hydrogen (secondary N) is 1. The molecule has 0 aliphatic carbocycles. The van der Waals surface area contributed by atoms with E-state index >= 15 is 0 Å². The number of hydrogen-bond acceptors (Lipinski definition) is 6. The second kappa shape index (κ2) is 8.80. The first kappa shape index (κ1) is 23.8. The van der Waals surface area contributed by atoms with Crippen molar-refractivity contribution in [2.24, 2.45) is 25.9 Å². The summed E-state index contributed by atoms with van der Waals surface area (Å²) in [5.41, 5.74) is -0.422. The minimum atomic E-state index is -3.74. The third kappa shape index (κ3) is 4.28. The quantitative estimate of drug-likeness (QED) is 0.598. The van der Waals surface area contributed by atoms with Gasteiger partial charge in [0.05, 0.1) is 22.2 Å². The summed E-state index contributed by atoms with van der Waals surface area (Å²) in [5.74, 6) is -0.0181. The van der Waals surface area contributed by atoms with Crippen LogP contribution in [0.25, 0.3) is 11.0 Å². The van der Waals surface area contributed by atoms with Crippen molar-refractivity contribution in [2.45, 2.75) is 25.2 Å². The number of amides is 1. The molecule has 34 heavy (non-hydrogen) atoms. The fraction of sp³-hybridized carbons (Fsp3) is 0.391. The lowest BCUT2D eigenvalue weighted by Crippen LogP contribution is -2.42. The molecule has 3 aromatic rings. The molecule has 1 aliphatic rings. The lowest BCUT2D eigenvalue weighted by Gasteiger charge is -2.34. The van der Waals surface area contributed by atoms with Crippen LogP contribution in [0.5, 0.6) is 0 Å². The van der Waals surface area contributed by atoms with Crippen LogP contribution in [0.15, 0.2) is 51.0 Å². The lowest BCUT2D eigenvalue weighted by atomic mass is 9.94. The largest absolute Gasteiger partial charge is 0.332 e. The number of carbonyl (C=O) groups is 1. The van der Waals surface area contributed by atoms with Crippen molar-refractivity contribution in [3.63, 3.8) is 0 Å². The SMILES string of the molecule is CC1CC(C)CN(S(=O)(=O)c2cccc(C(=O)Nc3cnc4c(c3)c(=O)n(C)c(=O)n4C)c2)C1. The Morgan fingerprint density at radius 2 is 1.74 bits per heavy atom. The van der Waals surface area contributed by atoms with E-state index in [1.807, 2.05) is 13.8 Å². The van der Waals surface area contributed by atoms with Gasteiger partial charge in [-0.3, -0.25) is 18.7 Å². The van der Waals surface area contributed by atoms with E-state index in [1.165, 1.54) is 59.5 Å². The molecular weight excluding hydrogens is 458 g/mol. The molecule has 1 N–H and O–H groups in total. The third-order valence-corrected chi connectivity index (χ3v) is 7.95.